The molecule has 0 amide bonds. The van der Waals surface area contributed by atoms with Crippen LogP contribution < -0.4 is 16.2 Å². The largest absolute Gasteiger partial charge is 0.378 e. The van der Waals surface area contributed by atoms with Crippen LogP contribution in [0.1, 0.15) is 5.56 Å². The molecule has 0 aliphatic carbocycles. The molecule has 2 aromatic rings. The average Bonchev–Trinajstić information content (AvgIpc) is 2.62. The van der Waals surface area contributed by atoms with E-state index in [-0.39, 0.29) is 0 Å². The lowest BCUT2D eigenvalue weighted by Gasteiger charge is -2.29. The number of anilines is 2. The molecule has 7 heteroatoms. The van der Waals surface area contributed by atoms with Crippen molar-refractivity contribution in [1.29, 1.82) is 5.26 Å². The van der Waals surface area contributed by atoms with Gasteiger partial charge < -0.3 is 15.1 Å². The molecule has 0 saturated carbocycles. The number of nitrogens with two attached hydrogens (primary N) is 1. The fourth-order valence-electron chi connectivity index (χ4n) is 2.38. The Morgan fingerprint density at radius 1 is 1.18 bits per heavy atom. The smallest absolute Gasteiger partial charge is 0.164 e. The summed E-state index contributed by atoms with van der Waals surface area (Å²) in [5, 5.41) is 9.44. The molecule has 0 unspecified atom stereocenters. The number of ether oxygens (including phenoxy) is 1. The summed E-state index contributed by atoms with van der Waals surface area (Å²) < 4.78 is 5.36. The Balaban J connectivity index is 2.12. The molecule has 7 nitrogen and oxygen atoms in total. The van der Waals surface area contributed by atoms with Gasteiger partial charge in [0.2, 0.25) is 0 Å². The van der Waals surface area contributed by atoms with Crippen LogP contribution in [0.3, 0.4) is 0 Å². The normalized spacial score (nSPS) is 14.5. The second-order valence-corrected chi connectivity index (χ2v) is 4.82. The number of nitrogens with one attached hydrogen (secondary N) is 1. The molecule has 1 aromatic carbocycles. The summed E-state index contributed by atoms with van der Waals surface area (Å²) in [5.41, 5.74) is 3.73. The number of nitrogens with zero attached hydrogens (tertiary/aromatic N) is 4. The van der Waals surface area contributed by atoms with Gasteiger partial charge in [-0.3, -0.25) is 0 Å². The van der Waals surface area contributed by atoms with E-state index in [0.29, 0.717) is 49.3 Å². The quantitative estimate of drug-likeness (QED) is 0.647. The van der Waals surface area contributed by atoms with Gasteiger partial charge in [0, 0.05) is 18.7 Å². The minimum absolute atomic E-state index is 0.331. The van der Waals surface area contributed by atoms with Crippen LogP contribution in [0.2, 0.25) is 0 Å². The van der Waals surface area contributed by atoms with Crippen molar-refractivity contribution in [3.8, 4) is 17.5 Å². The first-order valence-corrected chi connectivity index (χ1v) is 7.00. The number of nitriles is 1. The first-order chi connectivity index (χ1) is 10.8. The van der Waals surface area contributed by atoms with Crippen LogP contribution in [0.25, 0.3) is 11.4 Å². The molecular weight excluding hydrogens is 280 g/mol. The Morgan fingerprint density at radius 3 is 2.55 bits per heavy atom. The van der Waals surface area contributed by atoms with Gasteiger partial charge in [0.25, 0.3) is 0 Å². The molecule has 0 bridgehead atoms. The number of nitrogen functional groups attached to an aromatic ring is 1. The predicted molar refractivity (Wildman–Crippen MR) is 83.0 cm³/mol. The maximum atomic E-state index is 9.44. The molecular formula is C15H16N6O. The maximum absolute atomic E-state index is 9.44. The van der Waals surface area contributed by atoms with Crippen molar-refractivity contribution in [3.63, 3.8) is 0 Å². The highest BCUT2D eigenvalue weighted by Gasteiger charge is 2.21. The van der Waals surface area contributed by atoms with Crippen LogP contribution in [0.15, 0.2) is 30.3 Å². The second-order valence-electron chi connectivity index (χ2n) is 4.82. The van der Waals surface area contributed by atoms with Crippen molar-refractivity contribution in [2.24, 2.45) is 5.84 Å². The molecule has 0 spiro atoms. The molecule has 1 aliphatic rings. The third-order valence-electron chi connectivity index (χ3n) is 3.48. The van der Waals surface area contributed by atoms with Gasteiger partial charge in [-0.1, -0.05) is 30.3 Å². The minimum Gasteiger partial charge on any atom is -0.378 e. The summed E-state index contributed by atoms with van der Waals surface area (Å²) in [6.45, 7) is 2.59. The lowest BCUT2D eigenvalue weighted by atomic mass is 10.2. The SMILES string of the molecule is N#Cc1c(NN)nc(-c2ccccc2)nc1N1CCOCC1. The zero-order chi connectivity index (χ0) is 15.4. The van der Waals surface area contributed by atoms with Crippen molar-refractivity contribution < 1.29 is 4.74 Å². The second kappa shape index (κ2) is 6.39. The van der Waals surface area contributed by atoms with Crippen molar-refractivity contribution in [2.75, 3.05) is 36.6 Å². The highest BCUT2D eigenvalue weighted by molar-refractivity contribution is 5.70. The van der Waals surface area contributed by atoms with E-state index < -0.39 is 0 Å². The topological polar surface area (TPSA) is 100 Å². The van der Waals surface area contributed by atoms with E-state index in [1.54, 1.807) is 0 Å². The lowest BCUT2D eigenvalue weighted by molar-refractivity contribution is 0.122. The Morgan fingerprint density at radius 2 is 1.91 bits per heavy atom. The predicted octanol–water partition coefficient (Wildman–Crippen LogP) is 1.14. The highest BCUT2D eigenvalue weighted by atomic mass is 16.5. The van der Waals surface area contributed by atoms with E-state index in [4.69, 9.17) is 10.6 Å². The van der Waals surface area contributed by atoms with Crippen molar-refractivity contribution in [3.05, 3.63) is 35.9 Å². The fraction of sp³-hybridized carbons (Fsp3) is 0.267. The van der Waals surface area contributed by atoms with Gasteiger partial charge in [-0.15, -0.1) is 0 Å². The number of aromatic nitrogens is 2. The number of hydrazine groups is 1. The summed E-state index contributed by atoms with van der Waals surface area (Å²) >= 11 is 0. The Bertz CT molecular complexity index is 691. The van der Waals surface area contributed by atoms with Gasteiger partial charge >= 0.3 is 0 Å². The van der Waals surface area contributed by atoms with Gasteiger partial charge in [-0.05, 0) is 0 Å². The first kappa shape index (κ1) is 14.3. The maximum Gasteiger partial charge on any atom is 0.164 e. The Kier molecular flexibility index (Phi) is 4.14. The molecule has 1 fully saturated rings. The van der Waals surface area contributed by atoms with Gasteiger partial charge in [-0.25, -0.2) is 15.8 Å². The summed E-state index contributed by atoms with van der Waals surface area (Å²) in [7, 11) is 0. The molecule has 2 heterocycles. The van der Waals surface area contributed by atoms with Crippen LogP contribution in [0.4, 0.5) is 11.6 Å². The molecule has 1 aromatic heterocycles. The van der Waals surface area contributed by atoms with Gasteiger partial charge in [0.15, 0.2) is 17.5 Å². The molecule has 3 N–H and O–H groups in total. The van der Waals surface area contributed by atoms with E-state index in [1.807, 2.05) is 35.2 Å². The number of morpholine rings is 1. The van der Waals surface area contributed by atoms with Crippen LogP contribution in [0.5, 0.6) is 0 Å². The van der Waals surface area contributed by atoms with Crippen molar-refractivity contribution in [2.45, 2.75) is 0 Å². The summed E-state index contributed by atoms with van der Waals surface area (Å²) in [6, 6.07) is 11.7. The number of rotatable bonds is 3. The van der Waals surface area contributed by atoms with Gasteiger partial charge in [0.05, 0.1) is 13.2 Å². The van der Waals surface area contributed by atoms with E-state index in [1.165, 1.54) is 0 Å². The fourth-order valence-corrected chi connectivity index (χ4v) is 2.38. The number of hydrogen-bond acceptors (Lipinski definition) is 7. The zero-order valence-corrected chi connectivity index (χ0v) is 12.0. The summed E-state index contributed by atoms with van der Waals surface area (Å²) in [4.78, 5) is 11.0. The van der Waals surface area contributed by atoms with E-state index in [2.05, 4.69) is 21.5 Å². The zero-order valence-electron chi connectivity index (χ0n) is 12.0. The first-order valence-electron chi connectivity index (χ1n) is 7.00. The highest BCUT2D eigenvalue weighted by Crippen LogP contribution is 2.27. The van der Waals surface area contributed by atoms with Crippen LogP contribution in [0, 0.1) is 11.3 Å². The molecule has 1 aliphatic heterocycles. The Labute approximate surface area is 128 Å². The third-order valence-corrected chi connectivity index (χ3v) is 3.48. The van der Waals surface area contributed by atoms with Crippen LogP contribution >= 0.6 is 0 Å². The Hall–Kier alpha value is -2.69. The molecule has 112 valence electrons. The van der Waals surface area contributed by atoms with Crippen LogP contribution in [-0.2, 0) is 4.74 Å². The molecule has 1 saturated heterocycles. The summed E-state index contributed by atoms with van der Waals surface area (Å²) in [5.74, 6) is 6.99. The minimum atomic E-state index is 0.331. The monoisotopic (exact) mass is 296 g/mol. The lowest BCUT2D eigenvalue weighted by Crippen LogP contribution is -2.37. The van der Waals surface area contributed by atoms with Gasteiger partial charge in [0.1, 0.15) is 11.6 Å². The molecule has 22 heavy (non-hydrogen) atoms. The summed E-state index contributed by atoms with van der Waals surface area (Å²) in [6.07, 6.45) is 0. The van der Waals surface area contributed by atoms with Crippen molar-refractivity contribution in [1.82, 2.24) is 9.97 Å². The average molecular weight is 296 g/mol. The molecule has 3 rings (SSSR count). The standard InChI is InChI=1S/C15H16N6O/c16-10-12-14(20-17)18-13(11-4-2-1-3-5-11)19-15(12)21-6-8-22-9-7-21/h1-5H,6-9,17H2,(H,18,19,20). The van der Waals surface area contributed by atoms with E-state index in [0.717, 1.165) is 5.56 Å². The molecule has 0 atom stereocenters. The van der Waals surface area contributed by atoms with Gasteiger partial charge in [-0.2, -0.15) is 5.26 Å². The van der Waals surface area contributed by atoms with E-state index >= 15 is 0 Å². The van der Waals surface area contributed by atoms with Crippen molar-refractivity contribution >= 4 is 11.6 Å². The molecule has 0 radical (unpaired) electrons. The number of benzene rings is 1. The van der Waals surface area contributed by atoms with Crippen LogP contribution in [-0.4, -0.2) is 36.3 Å². The third kappa shape index (κ3) is 2.70. The van der Waals surface area contributed by atoms with E-state index in [9.17, 15) is 5.26 Å². The number of hydrogen-bond donors (Lipinski definition) is 2.